The lowest BCUT2D eigenvalue weighted by molar-refractivity contribution is 0.593. The molecule has 0 aromatic heterocycles. The van der Waals surface area contributed by atoms with Gasteiger partial charge in [0.15, 0.2) is 0 Å². The van der Waals surface area contributed by atoms with Gasteiger partial charge in [0.25, 0.3) is 0 Å². The lowest BCUT2D eigenvalue weighted by Gasteiger charge is -2.19. The van der Waals surface area contributed by atoms with Gasteiger partial charge in [-0.3, -0.25) is 0 Å². The van der Waals surface area contributed by atoms with Gasteiger partial charge in [0.1, 0.15) is 0 Å². The normalized spacial score (nSPS) is 12.2. The Bertz CT molecular complexity index is 766. The van der Waals surface area contributed by atoms with E-state index >= 15 is 0 Å². The first-order chi connectivity index (χ1) is 10.7. The fraction of sp³-hybridized carbons (Fsp3) is 0.250. The molecule has 7 heteroatoms. The van der Waals surface area contributed by atoms with Crippen molar-refractivity contribution in [1.29, 1.82) is 0 Å². The van der Waals surface area contributed by atoms with Crippen LogP contribution in [0, 0.1) is 13.8 Å². The third-order valence-electron chi connectivity index (χ3n) is 3.49. The largest absolute Gasteiger partial charge is 0.218 e. The molecule has 2 nitrogen and oxygen atoms in total. The highest BCUT2D eigenvalue weighted by molar-refractivity contribution is 14.2. The second kappa shape index (κ2) is 8.33. The minimum atomic E-state index is -3.57. The van der Waals surface area contributed by atoms with Gasteiger partial charge in [0.05, 0.1) is 13.7 Å². The maximum atomic E-state index is 13.5. The van der Waals surface area contributed by atoms with Crippen molar-refractivity contribution in [3.05, 3.63) is 58.7 Å². The fourth-order valence-corrected chi connectivity index (χ4v) is 7.63. The molecule has 0 saturated heterocycles. The first-order valence-electron chi connectivity index (χ1n) is 6.68. The van der Waals surface area contributed by atoms with Crippen LogP contribution in [0.5, 0.6) is 0 Å². The summed E-state index contributed by atoms with van der Waals surface area (Å²) in [6, 6.07) is 11.4. The van der Waals surface area contributed by atoms with Gasteiger partial charge in [-0.2, -0.15) is 0 Å². The summed E-state index contributed by atoms with van der Waals surface area (Å²) >= 11 is 9.04. The molecule has 0 radical (unpaired) electrons. The molecule has 2 aromatic rings. The van der Waals surface area contributed by atoms with Gasteiger partial charge in [-0.15, -0.1) is 0 Å². The number of aryl methyl sites for hydroxylation is 2. The summed E-state index contributed by atoms with van der Waals surface area (Å²) in [5.41, 5.74) is 3.32. The van der Waals surface area contributed by atoms with E-state index in [9.17, 15) is 8.42 Å². The Labute approximate surface area is 192 Å². The van der Waals surface area contributed by atoms with Crippen LogP contribution in [0.2, 0.25) is 0 Å². The third-order valence-corrected chi connectivity index (χ3v) is 8.37. The number of hydrogen-bond acceptors (Lipinski definition) is 2. The van der Waals surface area contributed by atoms with Gasteiger partial charge in [-0.05, 0) is 36.1 Å². The molecule has 124 valence electrons. The molecule has 0 amide bonds. The van der Waals surface area contributed by atoms with Crippen LogP contribution in [-0.4, -0.2) is 8.42 Å². The zero-order valence-electron chi connectivity index (χ0n) is 12.4. The molecule has 0 saturated carbocycles. The second-order valence-electron chi connectivity index (χ2n) is 5.09. The van der Waals surface area contributed by atoms with Crippen molar-refractivity contribution in [1.82, 2.24) is 0 Å². The minimum absolute atomic E-state index is 0.0948. The third kappa shape index (κ3) is 4.35. The Morgan fingerprint density at radius 2 is 1.09 bits per heavy atom. The van der Waals surface area contributed by atoms with E-state index in [2.05, 4.69) is 90.4 Å². The second-order valence-corrected chi connectivity index (χ2v) is 16.7. The predicted octanol–water partition coefficient (Wildman–Crippen LogP) is 6.87. The first kappa shape index (κ1) is 20.6. The zero-order chi connectivity index (χ0) is 17.4. The van der Waals surface area contributed by atoms with Crippen LogP contribution in [-0.2, 0) is 9.84 Å². The Morgan fingerprint density at radius 1 is 0.739 bits per heavy atom. The Kier molecular flexibility index (Phi) is 7.47. The maximum absolute atomic E-state index is 13.5. The molecule has 0 unspecified atom stereocenters. The number of alkyl halides is 4. The highest BCUT2D eigenvalue weighted by atomic mass is 127. The van der Waals surface area contributed by atoms with Crippen molar-refractivity contribution in [3.8, 4) is 0 Å². The van der Waals surface area contributed by atoms with Crippen LogP contribution < -0.4 is 0 Å². The Morgan fingerprint density at radius 3 is 1.39 bits per heavy atom. The molecule has 0 N–H and O–H groups in total. The molecule has 2 aromatic carbocycles. The predicted molar refractivity (Wildman–Crippen MR) is 129 cm³/mol. The van der Waals surface area contributed by atoms with Gasteiger partial charge >= 0.3 is 0 Å². The van der Waals surface area contributed by atoms with Crippen molar-refractivity contribution in [2.24, 2.45) is 0 Å². The summed E-state index contributed by atoms with van der Waals surface area (Å²) in [6.07, 6.45) is 0. The van der Waals surface area contributed by atoms with Gasteiger partial charge in [-0.1, -0.05) is 127 Å². The number of rotatable bonds is 4. The first-order valence-corrected chi connectivity index (χ1v) is 13.1. The summed E-state index contributed by atoms with van der Waals surface area (Å²) in [7, 11) is -3.57. The summed E-state index contributed by atoms with van der Waals surface area (Å²) in [5, 5.41) is 0. The van der Waals surface area contributed by atoms with Crippen molar-refractivity contribution in [2.45, 2.75) is 27.5 Å². The SMILES string of the molecule is Cc1cccc(C(I)I)c1S(=O)(=O)c1c(C)cccc1C(I)I. The van der Waals surface area contributed by atoms with Gasteiger partial charge in [0, 0.05) is 0 Å². The van der Waals surface area contributed by atoms with Gasteiger partial charge in [0.2, 0.25) is 9.84 Å². The monoisotopic (exact) mass is 778 g/mol. The number of benzene rings is 2. The van der Waals surface area contributed by atoms with Crippen molar-refractivity contribution in [2.75, 3.05) is 0 Å². The molecule has 2 rings (SSSR count). The van der Waals surface area contributed by atoms with E-state index < -0.39 is 9.84 Å². The zero-order valence-corrected chi connectivity index (χ0v) is 21.8. The summed E-state index contributed by atoms with van der Waals surface area (Å²) in [6.45, 7) is 3.74. The Hall–Kier alpha value is 1.31. The van der Waals surface area contributed by atoms with Gasteiger partial charge < -0.3 is 0 Å². The fourth-order valence-electron chi connectivity index (χ4n) is 2.53. The van der Waals surface area contributed by atoms with E-state index in [4.69, 9.17) is 0 Å². The number of sulfone groups is 1. The average molecular weight is 778 g/mol. The molecule has 0 atom stereocenters. The molecule has 0 bridgehead atoms. The molecule has 23 heavy (non-hydrogen) atoms. The average Bonchev–Trinajstić information content (AvgIpc) is 2.45. The molecule has 0 fully saturated rings. The van der Waals surface area contributed by atoms with Crippen molar-refractivity contribution < 1.29 is 8.42 Å². The standard InChI is InChI=1S/C16H14I4O2S/c1-9-5-3-7-11(15(17)18)13(9)23(21,22)14-10(2)6-4-8-12(14)16(19)20/h3-8,15-16H,1-2H3. The summed E-state index contributed by atoms with van der Waals surface area (Å²) in [5.74, 6) is 0. The highest BCUT2D eigenvalue weighted by Gasteiger charge is 2.30. The van der Waals surface area contributed by atoms with Crippen LogP contribution in [0.15, 0.2) is 46.2 Å². The lowest BCUT2D eigenvalue weighted by atomic mass is 10.1. The van der Waals surface area contributed by atoms with Gasteiger partial charge in [-0.25, -0.2) is 8.42 Å². The quantitative estimate of drug-likeness (QED) is 0.251. The topological polar surface area (TPSA) is 34.1 Å². The van der Waals surface area contributed by atoms with E-state index in [0.29, 0.717) is 9.79 Å². The van der Waals surface area contributed by atoms with E-state index in [1.807, 2.05) is 50.2 Å². The van der Waals surface area contributed by atoms with E-state index in [0.717, 1.165) is 22.3 Å². The van der Waals surface area contributed by atoms with Crippen molar-refractivity contribution in [3.63, 3.8) is 0 Å². The van der Waals surface area contributed by atoms with Crippen LogP contribution >= 0.6 is 90.4 Å². The highest BCUT2D eigenvalue weighted by Crippen LogP contribution is 2.42. The summed E-state index contributed by atoms with van der Waals surface area (Å²) in [4.78, 5) is 0.913. The molecular weight excluding hydrogens is 764 g/mol. The lowest BCUT2D eigenvalue weighted by Crippen LogP contribution is -2.12. The molecule has 0 aliphatic rings. The molecule has 0 aliphatic heterocycles. The maximum Gasteiger partial charge on any atom is 0.207 e. The smallest absolute Gasteiger partial charge is 0.207 e. The number of hydrogen-bond donors (Lipinski definition) is 0. The van der Waals surface area contributed by atoms with E-state index in [1.54, 1.807) is 0 Å². The van der Waals surface area contributed by atoms with Crippen LogP contribution in [0.3, 0.4) is 0 Å². The molecule has 0 aliphatic carbocycles. The summed E-state index contributed by atoms with van der Waals surface area (Å²) < 4.78 is 27.2. The van der Waals surface area contributed by atoms with Crippen LogP contribution in [0.1, 0.15) is 26.1 Å². The Balaban J connectivity index is 2.86. The minimum Gasteiger partial charge on any atom is -0.218 e. The molecule has 0 spiro atoms. The van der Waals surface area contributed by atoms with Crippen LogP contribution in [0.25, 0.3) is 0 Å². The van der Waals surface area contributed by atoms with E-state index in [-0.39, 0.29) is 3.86 Å². The molecule has 0 heterocycles. The van der Waals surface area contributed by atoms with E-state index in [1.165, 1.54) is 0 Å². The van der Waals surface area contributed by atoms with Crippen molar-refractivity contribution >= 4 is 100 Å². The molecular formula is C16H14I4O2S. The number of halogens is 4. The van der Waals surface area contributed by atoms with Crippen LogP contribution in [0.4, 0.5) is 0 Å².